The minimum Gasteiger partial charge on any atom is -0.383 e. The summed E-state index contributed by atoms with van der Waals surface area (Å²) in [5, 5.41) is 19.0. The second-order valence-corrected chi connectivity index (χ2v) is 5.49. The van der Waals surface area contributed by atoms with Gasteiger partial charge in [-0.3, -0.25) is 14.8 Å². The maximum atomic E-state index is 11.3. The third-order valence-corrected chi connectivity index (χ3v) is 3.31. The first kappa shape index (κ1) is 17.6. The van der Waals surface area contributed by atoms with Crippen LogP contribution in [-0.2, 0) is 11.2 Å². The number of ether oxygens (including phenoxy) is 1. The van der Waals surface area contributed by atoms with Crippen molar-refractivity contribution in [2.24, 2.45) is 0 Å². The van der Waals surface area contributed by atoms with Crippen LogP contribution < -0.4 is 5.32 Å². The quantitative estimate of drug-likeness (QED) is 0.558. The van der Waals surface area contributed by atoms with Gasteiger partial charge in [-0.25, -0.2) is 0 Å². The minimum atomic E-state index is -0.333. The van der Waals surface area contributed by atoms with Gasteiger partial charge in [0.15, 0.2) is 0 Å². The average molecular weight is 298 g/mol. The topological polar surface area (TPSA) is 82.2 Å². The maximum absolute atomic E-state index is 11.3. The molecule has 0 saturated heterocycles. The highest BCUT2D eigenvalue weighted by Crippen LogP contribution is 2.26. The molecule has 1 heterocycles. The summed E-state index contributed by atoms with van der Waals surface area (Å²) in [6, 6.07) is 0.129. The van der Waals surface area contributed by atoms with E-state index in [0.717, 1.165) is 13.0 Å². The molecule has 0 aromatic carbocycles. The van der Waals surface area contributed by atoms with Crippen molar-refractivity contribution in [3.63, 3.8) is 0 Å². The van der Waals surface area contributed by atoms with Crippen molar-refractivity contribution in [2.75, 3.05) is 20.3 Å². The molecule has 1 aromatic heterocycles. The Bertz CT molecular complexity index is 471. The summed E-state index contributed by atoms with van der Waals surface area (Å²) in [5.74, 6) is 0. The number of hydrogen-bond acceptors (Lipinski definition) is 5. The van der Waals surface area contributed by atoms with Crippen LogP contribution in [0.1, 0.15) is 44.6 Å². The maximum Gasteiger partial charge on any atom is 0.313 e. The van der Waals surface area contributed by atoms with E-state index in [1.165, 1.54) is 0 Å². The number of aromatic nitrogens is 2. The van der Waals surface area contributed by atoms with Gasteiger partial charge in [-0.15, -0.1) is 0 Å². The monoisotopic (exact) mass is 298 g/mol. The molecule has 21 heavy (non-hydrogen) atoms. The molecule has 0 radical (unpaired) electrons. The predicted molar refractivity (Wildman–Crippen MR) is 81.7 cm³/mol. The smallest absolute Gasteiger partial charge is 0.313 e. The van der Waals surface area contributed by atoms with Crippen LogP contribution in [0.15, 0.2) is 0 Å². The third-order valence-electron chi connectivity index (χ3n) is 3.31. The number of aryl methyl sites for hydroxylation is 1. The summed E-state index contributed by atoms with van der Waals surface area (Å²) in [6.45, 7) is 9.10. The highest BCUT2D eigenvalue weighted by atomic mass is 16.6. The Hall–Kier alpha value is -1.47. The molecular weight excluding hydrogens is 272 g/mol. The molecule has 0 bridgehead atoms. The van der Waals surface area contributed by atoms with Crippen LogP contribution in [0.4, 0.5) is 5.69 Å². The lowest BCUT2D eigenvalue weighted by molar-refractivity contribution is -0.386. The first-order chi connectivity index (χ1) is 9.92. The van der Waals surface area contributed by atoms with Crippen LogP contribution in [0.5, 0.6) is 0 Å². The van der Waals surface area contributed by atoms with Crippen LogP contribution in [0.3, 0.4) is 0 Å². The van der Waals surface area contributed by atoms with Gasteiger partial charge >= 0.3 is 5.69 Å². The van der Waals surface area contributed by atoms with E-state index in [1.807, 2.05) is 13.8 Å². The molecule has 0 saturated carbocycles. The van der Waals surface area contributed by atoms with Gasteiger partial charge in [0.25, 0.3) is 0 Å². The minimum absolute atomic E-state index is 0.0437. The molecule has 1 atom stereocenters. The first-order valence-electron chi connectivity index (χ1n) is 7.37. The van der Waals surface area contributed by atoms with Crippen LogP contribution >= 0.6 is 0 Å². The summed E-state index contributed by atoms with van der Waals surface area (Å²) < 4.78 is 6.97. The lowest BCUT2D eigenvalue weighted by Gasteiger charge is -2.19. The zero-order valence-electron chi connectivity index (χ0n) is 13.5. The van der Waals surface area contributed by atoms with Crippen LogP contribution in [0.2, 0.25) is 0 Å². The second-order valence-electron chi connectivity index (χ2n) is 5.49. The third kappa shape index (κ3) is 4.50. The van der Waals surface area contributed by atoms with Gasteiger partial charge in [-0.2, -0.15) is 5.10 Å². The number of hydrogen-bond donors (Lipinski definition) is 1. The fourth-order valence-corrected chi connectivity index (χ4v) is 2.41. The highest BCUT2D eigenvalue weighted by molar-refractivity contribution is 5.41. The van der Waals surface area contributed by atoms with E-state index < -0.39 is 0 Å². The fourth-order valence-electron chi connectivity index (χ4n) is 2.41. The van der Waals surface area contributed by atoms with E-state index in [0.29, 0.717) is 24.4 Å². The van der Waals surface area contributed by atoms with Gasteiger partial charge < -0.3 is 10.1 Å². The van der Waals surface area contributed by atoms with Crippen LogP contribution in [0, 0.1) is 17.0 Å². The Balaban J connectivity index is 3.10. The number of rotatable bonds is 9. The van der Waals surface area contributed by atoms with Gasteiger partial charge in [0.1, 0.15) is 11.4 Å². The molecule has 0 aliphatic heterocycles. The average Bonchev–Trinajstić information content (AvgIpc) is 2.73. The molecule has 1 unspecified atom stereocenters. The van der Waals surface area contributed by atoms with E-state index in [1.54, 1.807) is 18.7 Å². The van der Waals surface area contributed by atoms with Crippen molar-refractivity contribution >= 4 is 5.69 Å². The Morgan fingerprint density at radius 3 is 2.62 bits per heavy atom. The zero-order valence-corrected chi connectivity index (χ0v) is 13.5. The zero-order chi connectivity index (χ0) is 16.0. The number of nitrogens with one attached hydrogen (secondary N) is 1. The van der Waals surface area contributed by atoms with E-state index in [2.05, 4.69) is 17.3 Å². The summed E-state index contributed by atoms with van der Waals surface area (Å²) in [4.78, 5) is 11.0. The van der Waals surface area contributed by atoms with E-state index in [-0.39, 0.29) is 22.7 Å². The molecule has 0 amide bonds. The van der Waals surface area contributed by atoms with Crippen molar-refractivity contribution in [1.82, 2.24) is 15.1 Å². The van der Waals surface area contributed by atoms with Gasteiger partial charge in [-0.1, -0.05) is 6.92 Å². The first-order valence-corrected chi connectivity index (χ1v) is 7.37. The lowest BCUT2D eigenvalue weighted by atomic mass is 10.1. The molecule has 7 nitrogen and oxygen atoms in total. The molecule has 1 aromatic rings. The highest BCUT2D eigenvalue weighted by Gasteiger charge is 2.28. The van der Waals surface area contributed by atoms with E-state index in [9.17, 15) is 10.1 Å². The van der Waals surface area contributed by atoms with Crippen molar-refractivity contribution in [2.45, 2.75) is 52.6 Å². The number of nitrogens with zero attached hydrogens (tertiary/aromatic N) is 3. The molecule has 120 valence electrons. The van der Waals surface area contributed by atoms with Crippen LogP contribution in [0.25, 0.3) is 0 Å². The molecular formula is C14H26N4O3. The van der Waals surface area contributed by atoms with E-state index >= 15 is 0 Å². The van der Waals surface area contributed by atoms with E-state index in [4.69, 9.17) is 4.74 Å². The molecule has 7 heteroatoms. The van der Waals surface area contributed by atoms with Crippen molar-refractivity contribution < 1.29 is 9.66 Å². The summed E-state index contributed by atoms with van der Waals surface area (Å²) in [7, 11) is 1.64. The predicted octanol–water partition coefficient (Wildman–Crippen LogP) is 2.24. The van der Waals surface area contributed by atoms with Crippen LogP contribution in [-0.4, -0.2) is 41.0 Å². The van der Waals surface area contributed by atoms with Gasteiger partial charge in [0.05, 0.1) is 11.5 Å². The Kier molecular flexibility index (Phi) is 6.77. The Morgan fingerprint density at radius 1 is 1.48 bits per heavy atom. The van der Waals surface area contributed by atoms with Crippen molar-refractivity contribution in [3.8, 4) is 0 Å². The molecule has 1 N–H and O–H groups in total. The molecule has 0 fully saturated rings. The summed E-state index contributed by atoms with van der Waals surface area (Å²) >= 11 is 0. The Labute approximate surface area is 125 Å². The molecule has 0 spiro atoms. The lowest BCUT2D eigenvalue weighted by Crippen LogP contribution is -2.36. The summed E-state index contributed by atoms with van der Waals surface area (Å²) in [5.41, 5.74) is 1.26. The van der Waals surface area contributed by atoms with Crippen molar-refractivity contribution in [3.05, 3.63) is 21.5 Å². The SMILES string of the molecule is CCCNC(COC)Cc1c([N+](=O)[O-])c(C)nn1C(C)C. The number of methoxy groups -OCH3 is 1. The molecule has 0 aliphatic rings. The molecule has 0 aliphatic carbocycles. The van der Waals surface area contributed by atoms with Crippen molar-refractivity contribution in [1.29, 1.82) is 0 Å². The standard InChI is InChI=1S/C14H26N4O3/c1-6-7-15-12(9-21-5)8-13-14(18(19)20)11(4)16-17(13)10(2)3/h10,12,15H,6-9H2,1-5H3. The summed E-state index contributed by atoms with van der Waals surface area (Å²) in [6.07, 6.45) is 1.54. The van der Waals surface area contributed by atoms with Gasteiger partial charge in [0.2, 0.25) is 0 Å². The normalized spacial score (nSPS) is 12.9. The second kappa shape index (κ2) is 8.09. The number of nitro groups is 1. The molecule has 1 rings (SSSR count). The Morgan fingerprint density at radius 2 is 2.14 bits per heavy atom. The largest absolute Gasteiger partial charge is 0.383 e. The van der Waals surface area contributed by atoms with Gasteiger partial charge in [0, 0.05) is 25.6 Å². The van der Waals surface area contributed by atoms with Gasteiger partial charge in [-0.05, 0) is 33.7 Å². The fraction of sp³-hybridized carbons (Fsp3) is 0.786.